The number of benzene rings is 2. The molecule has 2 heterocycles. The highest BCUT2D eigenvalue weighted by molar-refractivity contribution is 6.15. The Hall–Kier alpha value is -4.53. The monoisotopic (exact) mass is 454 g/mol. The molecular formula is C25H22N6O3. The Balaban J connectivity index is 1.30. The number of hydrogen-bond donors (Lipinski definition) is 0. The van der Waals surface area contributed by atoms with Gasteiger partial charge in [-0.2, -0.15) is 0 Å². The molecule has 4 aromatic rings. The van der Waals surface area contributed by atoms with E-state index in [9.17, 15) is 4.79 Å². The summed E-state index contributed by atoms with van der Waals surface area (Å²) in [6.45, 7) is 0. The zero-order valence-electron chi connectivity index (χ0n) is 18.8. The van der Waals surface area contributed by atoms with E-state index in [-0.39, 0.29) is 5.78 Å². The molecule has 0 atom stereocenters. The number of Topliss-reactive ketones (excluding diaryl/α,β-unsaturated/α-hetero) is 1. The number of hydrogen-bond acceptors (Lipinski definition) is 7. The number of carbonyl (C=O) groups is 1. The molecule has 0 unspecified atom stereocenters. The first kappa shape index (κ1) is 21.3. The summed E-state index contributed by atoms with van der Waals surface area (Å²) in [4.78, 5) is 12.9. The van der Waals surface area contributed by atoms with Gasteiger partial charge in [-0.1, -0.05) is 10.4 Å². The van der Waals surface area contributed by atoms with Gasteiger partial charge in [0.2, 0.25) is 0 Å². The Morgan fingerprint density at radius 1 is 0.706 bits per heavy atom. The minimum absolute atomic E-state index is 0.00186. The highest BCUT2D eigenvalue weighted by Gasteiger charge is 2.24. The normalized spacial score (nSPS) is 15.9. The predicted octanol–water partition coefficient (Wildman–Crippen LogP) is 3.70. The number of aromatic nitrogens is 6. The fourth-order valence-electron chi connectivity index (χ4n) is 3.74. The highest BCUT2D eigenvalue weighted by atomic mass is 16.5. The summed E-state index contributed by atoms with van der Waals surface area (Å²) >= 11 is 0. The van der Waals surface area contributed by atoms with Crippen molar-refractivity contribution in [2.24, 2.45) is 0 Å². The SMILES string of the molecule is COc1ccc(-n2cc(/C=C3\CC/C(=C\c4cn(-c5ccc(OC)cc5)nn4)C3=O)nn2)cc1. The molecule has 170 valence electrons. The van der Waals surface area contributed by atoms with Crippen LogP contribution in [0.25, 0.3) is 23.5 Å². The van der Waals surface area contributed by atoms with Crippen LogP contribution in [-0.4, -0.2) is 50.0 Å². The molecule has 0 amide bonds. The van der Waals surface area contributed by atoms with Gasteiger partial charge in [-0.25, -0.2) is 9.36 Å². The molecule has 34 heavy (non-hydrogen) atoms. The first-order chi connectivity index (χ1) is 16.6. The summed E-state index contributed by atoms with van der Waals surface area (Å²) in [6.07, 6.45) is 8.47. The lowest BCUT2D eigenvalue weighted by atomic mass is 10.1. The highest BCUT2D eigenvalue weighted by Crippen LogP contribution is 2.29. The van der Waals surface area contributed by atoms with Gasteiger partial charge in [0.05, 0.1) is 38.0 Å². The number of rotatable bonds is 6. The Labute approximate surface area is 195 Å². The smallest absolute Gasteiger partial charge is 0.185 e. The van der Waals surface area contributed by atoms with Crippen LogP contribution < -0.4 is 9.47 Å². The van der Waals surface area contributed by atoms with Gasteiger partial charge >= 0.3 is 0 Å². The van der Waals surface area contributed by atoms with Crippen LogP contribution in [0.3, 0.4) is 0 Å². The summed E-state index contributed by atoms with van der Waals surface area (Å²) < 4.78 is 13.7. The van der Waals surface area contributed by atoms with Gasteiger partial charge in [0.1, 0.15) is 22.9 Å². The van der Waals surface area contributed by atoms with Crippen molar-refractivity contribution in [2.75, 3.05) is 14.2 Å². The molecule has 0 bridgehead atoms. The van der Waals surface area contributed by atoms with Gasteiger partial charge in [0, 0.05) is 11.1 Å². The number of allylic oxidation sites excluding steroid dienone is 2. The zero-order chi connectivity index (χ0) is 23.5. The summed E-state index contributed by atoms with van der Waals surface area (Å²) in [5.74, 6) is 1.54. The molecule has 0 spiro atoms. The predicted molar refractivity (Wildman–Crippen MR) is 126 cm³/mol. The maximum Gasteiger partial charge on any atom is 0.185 e. The van der Waals surface area contributed by atoms with Gasteiger partial charge in [-0.3, -0.25) is 4.79 Å². The van der Waals surface area contributed by atoms with Crippen molar-refractivity contribution in [2.45, 2.75) is 12.8 Å². The standard InChI is InChI=1S/C25H22N6O3/c1-33-23-9-5-21(6-10-23)30-15-19(26-28-30)13-17-3-4-18(25(17)32)14-20-16-31(29-27-20)22-7-11-24(34-2)12-8-22/h5-16H,3-4H2,1-2H3/b17-13+,18-14+. The van der Waals surface area contributed by atoms with Crippen LogP contribution in [0.1, 0.15) is 24.2 Å². The average molecular weight is 454 g/mol. The number of ether oxygens (including phenoxy) is 2. The van der Waals surface area contributed by atoms with E-state index in [1.807, 2.05) is 48.5 Å². The van der Waals surface area contributed by atoms with Crippen LogP contribution in [0, 0.1) is 0 Å². The van der Waals surface area contributed by atoms with Crippen LogP contribution in [0.4, 0.5) is 0 Å². The molecule has 5 rings (SSSR count). The second-order valence-corrected chi connectivity index (χ2v) is 7.74. The molecule has 0 saturated heterocycles. The van der Waals surface area contributed by atoms with Crippen molar-refractivity contribution in [3.05, 3.63) is 83.5 Å². The van der Waals surface area contributed by atoms with Crippen LogP contribution in [-0.2, 0) is 4.79 Å². The molecule has 9 heteroatoms. The quantitative estimate of drug-likeness (QED) is 0.410. The Morgan fingerprint density at radius 2 is 1.12 bits per heavy atom. The van der Waals surface area contributed by atoms with E-state index in [1.165, 1.54) is 0 Å². The van der Waals surface area contributed by atoms with E-state index >= 15 is 0 Å². The molecule has 1 aliphatic carbocycles. The van der Waals surface area contributed by atoms with E-state index in [1.54, 1.807) is 48.1 Å². The molecule has 2 aromatic heterocycles. The van der Waals surface area contributed by atoms with E-state index in [0.29, 0.717) is 35.4 Å². The maximum atomic E-state index is 12.9. The molecule has 2 aromatic carbocycles. The van der Waals surface area contributed by atoms with Gasteiger partial charge in [0.15, 0.2) is 5.78 Å². The van der Waals surface area contributed by atoms with Gasteiger partial charge in [-0.15, -0.1) is 10.2 Å². The van der Waals surface area contributed by atoms with Crippen LogP contribution in [0.15, 0.2) is 72.1 Å². The van der Waals surface area contributed by atoms with Gasteiger partial charge in [-0.05, 0) is 73.5 Å². The molecular weight excluding hydrogens is 432 g/mol. The lowest BCUT2D eigenvalue weighted by Crippen LogP contribution is -1.96. The van der Waals surface area contributed by atoms with E-state index in [2.05, 4.69) is 20.6 Å². The number of methoxy groups -OCH3 is 2. The topological polar surface area (TPSA) is 97.0 Å². The van der Waals surface area contributed by atoms with E-state index in [4.69, 9.17) is 9.47 Å². The third-order valence-electron chi connectivity index (χ3n) is 5.59. The molecule has 0 aliphatic heterocycles. The largest absolute Gasteiger partial charge is 0.497 e. The minimum atomic E-state index is -0.00186. The van der Waals surface area contributed by atoms with Gasteiger partial charge in [0.25, 0.3) is 0 Å². The van der Waals surface area contributed by atoms with E-state index in [0.717, 1.165) is 22.9 Å². The fraction of sp³-hybridized carbons (Fsp3) is 0.160. The van der Waals surface area contributed by atoms with Crippen molar-refractivity contribution < 1.29 is 14.3 Å². The van der Waals surface area contributed by atoms with Crippen molar-refractivity contribution in [3.63, 3.8) is 0 Å². The van der Waals surface area contributed by atoms with Crippen LogP contribution in [0.5, 0.6) is 11.5 Å². The summed E-state index contributed by atoms with van der Waals surface area (Å²) in [6, 6.07) is 15.0. The van der Waals surface area contributed by atoms with Crippen molar-refractivity contribution in [1.82, 2.24) is 30.0 Å². The zero-order valence-corrected chi connectivity index (χ0v) is 18.8. The minimum Gasteiger partial charge on any atom is -0.497 e. The van der Waals surface area contributed by atoms with Crippen molar-refractivity contribution in [3.8, 4) is 22.9 Å². The van der Waals surface area contributed by atoms with Crippen LogP contribution in [0.2, 0.25) is 0 Å². The Bertz CT molecular complexity index is 1280. The van der Waals surface area contributed by atoms with Crippen molar-refractivity contribution >= 4 is 17.9 Å². The second kappa shape index (κ2) is 9.14. The lowest BCUT2D eigenvalue weighted by Gasteiger charge is -2.01. The third-order valence-corrected chi connectivity index (χ3v) is 5.59. The Kier molecular flexibility index (Phi) is 5.73. The van der Waals surface area contributed by atoms with E-state index < -0.39 is 0 Å². The third kappa shape index (κ3) is 4.36. The number of nitrogens with zero attached hydrogens (tertiary/aromatic N) is 6. The second-order valence-electron chi connectivity index (χ2n) is 7.74. The fourth-order valence-corrected chi connectivity index (χ4v) is 3.74. The Morgan fingerprint density at radius 3 is 1.50 bits per heavy atom. The first-order valence-electron chi connectivity index (χ1n) is 10.7. The molecule has 9 nitrogen and oxygen atoms in total. The molecule has 1 fully saturated rings. The molecule has 1 aliphatic rings. The maximum absolute atomic E-state index is 12.9. The summed E-state index contributed by atoms with van der Waals surface area (Å²) in [7, 11) is 3.25. The van der Waals surface area contributed by atoms with Crippen molar-refractivity contribution in [1.29, 1.82) is 0 Å². The lowest BCUT2D eigenvalue weighted by molar-refractivity contribution is -0.111. The molecule has 1 saturated carbocycles. The average Bonchev–Trinajstić information content (AvgIpc) is 3.62. The number of carbonyl (C=O) groups excluding carboxylic acids is 1. The first-order valence-corrected chi connectivity index (χ1v) is 10.7. The summed E-state index contributed by atoms with van der Waals surface area (Å²) in [5, 5.41) is 16.7. The molecule has 0 N–H and O–H groups in total. The van der Waals surface area contributed by atoms with Gasteiger partial charge < -0.3 is 9.47 Å². The summed E-state index contributed by atoms with van der Waals surface area (Å²) in [5.41, 5.74) is 4.38. The number of ketones is 1. The molecule has 0 radical (unpaired) electrons. The van der Waals surface area contributed by atoms with Crippen LogP contribution >= 0.6 is 0 Å².